The van der Waals surface area contributed by atoms with Crippen molar-refractivity contribution in [3.8, 4) is 0 Å². The largest absolute Gasteiger partial charge is 0.373 e. The number of aliphatic imine (C=N–C) groups is 1. The van der Waals surface area contributed by atoms with Crippen molar-refractivity contribution in [1.29, 1.82) is 0 Å². The van der Waals surface area contributed by atoms with Crippen LogP contribution in [-0.2, 0) is 11.3 Å². The quantitative estimate of drug-likeness (QED) is 0.252. The minimum Gasteiger partial charge on any atom is -0.373 e. The Labute approximate surface area is 131 Å². The molecule has 0 fully saturated rings. The van der Waals surface area contributed by atoms with Crippen molar-refractivity contribution in [2.45, 2.75) is 6.54 Å². The smallest absolute Gasteiger partial charge is 0.185 e. The topological polar surface area (TPSA) is 68.4 Å². The van der Waals surface area contributed by atoms with Crippen molar-refractivity contribution in [2.24, 2.45) is 4.99 Å². The van der Waals surface area contributed by atoms with Crippen LogP contribution in [-0.4, -0.2) is 51.0 Å². The van der Waals surface area contributed by atoms with Gasteiger partial charge in [0.25, 0.3) is 0 Å². The molecule has 0 aromatic carbocycles. The fraction of sp³-hybridized carbons (Fsp3) is 0.400. The molecule has 7 nitrogen and oxygen atoms in total. The third-order valence-corrected chi connectivity index (χ3v) is 3.35. The van der Waals surface area contributed by atoms with Crippen LogP contribution in [0.25, 0.3) is 11.2 Å². The highest BCUT2D eigenvalue weighted by atomic mass is 35.9. The van der Waals surface area contributed by atoms with Gasteiger partial charge in [0.15, 0.2) is 17.0 Å². The molecule has 114 valence electrons. The molecule has 0 N–H and O–H groups in total. The summed E-state index contributed by atoms with van der Waals surface area (Å²) in [4.78, 5) is 16.2. The van der Waals surface area contributed by atoms with Crippen molar-refractivity contribution in [1.82, 2.24) is 24.6 Å². The average molecular weight is 353 g/mol. The van der Waals surface area contributed by atoms with Crippen LogP contribution in [0.5, 0.6) is 0 Å². The van der Waals surface area contributed by atoms with Crippen LogP contribution in [0.4, 0.5) is 10.3 Å². The van der Waals surface area contributed by atoms with Gasteiger partial charge < -0.3 is 9.30 Å². The Kier molecular flexibility index (Phi) is 6.05. The van der Waals surface area contributed by atoms with Crippen LogP contribution in [0.2, 0.25) is 0 Å². The van der Waals surface area contributed by atoms with Crippen molar-refractivity contribution in [3.63, 3.8) is 0 Å². The van der Waals surface area contributed by atoms with E-state index in [1.807, 2.05) is 0 Å². The van der Waals surface area contributed by atoms with Crippen molar-refractivity contribution < 1.29 is 9.22 Å². The molecule has 0 unspecified atom stereocenters. The number of ether oxygens (including phenoxy) is 1. The number of halogens is 3. The van der Waals surface area contributed by atoms with Crippen molar-refractivity contribution in [3.05, 3.63) is 12.7 Å². The molecule has 2 heterocycles. The van der Waals surface area contributed by atoms with E-state index in [9.17, 15) is 4.48 Å². The SMILES string of the molecule is CN(F)/C=N\c1ncnc2c1ncn2CCOCP(Cl)Cl. The molecule has 0 spiro atoms. The molecule has 2 aromatic heterocycles. The van der Waals surface area contributed by atoms with Gasteiger partial charge in [0.2, 0.25) is 0 Å². The number of hydrogen-bond acceptors (Lipinski definition) is 5. The molecule has 0 amide bonds. The summed E-state index contributed by atoms with van der Waals surface area (Å²) >= 11 is 11.3. The number of aromatic nitrogens is 4. The number of imidazole rings is 1. The van der Waals surface area contributed by atoms with Gasteiger partial charge in [-0.3, -0.25) is 0 Å². The van der Waals surface area contributed by atoms with Crippen LogP contribution in [0.1, 0.15) is 0 Å². The van der Waals surface area contributed by atoms with E-state index in [4.69, 9.17) is 27.2 Å². The minimum atomic E-state index is -1.11. The number of hydrogen-bond donors (Lipinski definition) is 0. The first-order valence-corrected chi connectivity index (χ1v) is 9.17. The lowest BCUT2D eigenvalue weighted by atomic mass is 10.5. The Hall–Kier alpha value is -1.08. The van der Waals surface area contributed by atoms with Crippen LogP contribution in [0.3, 0.4) is 0 Å². The number of rotatable bonds is 7. The summed E-state index contributed by atoms with van der Waals surface area (Å²) in [6, 6.07) is 0. The Bertz CT molecular complexity index is 623. The zero-order chi connectivity index (χ0) is 15.2. The van der Waals surface area contributed by atoms with Gasteiger partial charge in [0.05, 0.1) is 19.3 Å². The van der Waals surface area contributed by atoms with Gasteiger partial charge in [-0.05, 0) is 0 Å². The molecule has 0 aliphatic carbocycles. The first-order valence-electron chi connectivity index (χ1n) is 5.83. The fourth-order valence-electron chi connectivity index (χ4n) is 1.56. The molecule has 0 bridgehead atoms. The van der Waals surface area contributed by atoms with E-state index in [0.717, 1.165) is 6.34 Å². The zero-order valence-corrected chi connectivity index (χ0v) is 13.4. The van der Waals surface area contributed by atoms with Crippen LogP contribution in [0, 0.1) is 0 Å². The Morgan fingerprint density at radius 1 is 1.48 bits per heavy atom. The van der Waals surface area contributed by atoms with Gasteiger partial charge >= 0.3 is 0 Å². The Balaban J connectivity index is 2.11. The van der Waals surface area contributed by atoms with E-state index >= 15 is 0 Å². The summed E-state index contributed by atoms with van der Waals surface area (Å²) in [7, 11) is 1.22. The van der Waals surface area contributed by atoms with E-state index in [1.165, 1.54) is 13.4 Å². The van der Waals surface area contributed by atoms with Gasteiger partial charge in [-0.15, -0.1) is 0 Å². The summed E-state index contributed by atoms with van der Waals surface area (Å²) in [6.45, 7) is -0.140. The zero-order valence-electron chi connectivity index (χ0n) is 11.0. The summed E-state index contributed by atoms with van der Waals surface area (Å²) in [5.41, 5.74) is 1.09. The fourth-order valence-corrected chi connectivity index (χ4v) is 2.24. The highest BCUT2D eigenvalue weighted by Gasteiger charge is 2.09. The van der Waals surface area contributed by atoms with Crippen molar-refractivity contribution >= 4 is 52.4 Å². The normalized spacial score (nSPS) is 11.9. The third kappa shape index (κ3) is 4.71. The summed E-state index contributed by atoms with van der Waals surface area (Å²) < 4.78 is 19.7. The lowest BCUT2D eigenvalue weighted by Crippen LogP contribution is -2.05. The van der Waals surface area contributed by atoms with E-state index < -0.39 is 6.63 Å². The molecule has 0 saturated heterocycles. The van der Waals surface area contributed by atoms with Gasteiger partial charge in [-0.2, -0.15) is 0 Å². The molecule has 0 aliphatic rings. The molecule has 0 aliphatic heterocycles. The maximum Gasteiger partial charge on any atom is 0.185 e. The molecule has 11 heteroatoms. The van der Waals surface area contributed by atoms with Crippen LogP contribution >= 0.6 is 29.1 Å². The van der Waals surface area contributed by atoms with E-state index in [0.29, 0.717) is 41.6 Å². The maximum absolute atomic E-state index is 12.6. The second-order valence-corrected chi connectivity index (χ2v) is 7.75. The molecule has 21 heavy (non-hydrogen) atoms. The highest BCUT2D eigenvalue weighted by Crippen LogP contribution is 2.46. The minimum absolute atomic E-state index is 0.300. The second kappa shape index (κ2) is 7.79. The molecule has 0 radical (unpaired) electrons. The Morgan fingerprint density at radius 3 is 3.00 bits per heavy atom. The first-order chi connectivity index (χ1) is 10.1. The highest BCUT2D eigenvalue weighted by molar-refractivity contribution is 8.03. The van der Waals surface area contributed by atoms with E-state index in [-0.39, 0.29) is 0 Å². The molecular weight excluding hydrogens is 341 g/mol. The standard InChI is InChI=1S/C10H12Cl2FN6OP/c1-18(13)5-17-9-8-10(15-4-14-9)19(6-16-8)2-3-20-7-21(11)12/h4-6H,2-3,7H2,1H3/b17-5-. The summed E-state index contributed by atoms with van der Waals surface area (Å²) in [6.07, 6.45) is 4.28. The molecular formula is C10H12Cl2FN6OP. The molecule has 2 rings (SSSR count). The van der Waals surface area contributed by atoms with Crippen LogP contribution < -0.4 is 0 Å². The van der Waals surface area contributed by atoms with Crippen molar-refractivity contribution in [2.75, 3.05) is 20.0 Å². The Morgan fingerprint density at radius 2 is 2.29 bits per heavy atom. The molecule has 2 aromatic rings. The predicted molar refractivity (Wildman–Crippen MR) is 81.8 cm³/mol. The summed E-state index contributed by atoms with van der Waals surface area (Å²) in [5, 5.41) is 0.329. The van der Waals surface area contributed by atoms with E-state index in [2.05, 4.69) is 19.9 Å². The molecule has 0 saturated carbocycles. The average Bonchev–Trinajstić information content (AvgIpc) is 2.85. The lowest BCUT2D eigenvalue weighted by Gasteiger charge is -2.05. The predicted octanol–water partition coefficient (Wildman–Crippen LogP) is 3.07. The maximum atomic E-state index is 12.6. The summed E-state index contributed by atoms with van der Waals surface area (Å²) in [5.74, 6) is 0.300. The van der Waals surface area contributed by atoms with Gasteiger partial charge in [-0.25, -0.2) is 25.1 Å². The monoisotopic (exact) mass is 352 g/mol. The van der Waals surface area contributed by atoms with Gasteiger partial charge in [0, 0.05) is 13.6 Å². The number of nitrogens with zero attached hydrogens (tertiary/aromatic N) is 6. The van der Waals surface area contributed by atoms with E-state index in [1.54, 1.807) is 10.9 Å². The first kappa shape index (κ1) is 16.3. The number of fused-ring (bicyclic) bond motifs is 1. The third-order valence-electron chi connectivity index (χ3n) is 2.39. The second-order valence-electron chi connectivity index (χ2n) is 3.92. The van der Waals surface area contributed by atoms with Gasteiger partial charge in [-0.1, -0.05) is 27.0 Å². The molecule has 0 atom stereocenters. The van der Waals surface area contributed by atoms with Gasteiger partial charge in [0.1, 0.15) is 19.3 Å². The lowest BCUT2D eigenvalue weighted by molar-refractivity contribution is 0.170. The van der Waals surface area contributed by atoms with Crippen LogP contribution in [0.15, 0.2) is 17.6 Å².